The maximum atomic E-state index is 11.9. The third-order valence-corrected chi connectivity index (χ3v) is 2.85. The molecular formula is C14H24N4O. The summed E-state index contributed by atoms with van der Waals surface area (Å²) in [7, 11) is 0. The Balaban J connectivity index is 2.58. The summed E-state index contributed by atoms with van der Waals surface area (Å²) in [4.78, 5) is 20.3. The molecule has 5 nitrogen and oxygen atoms in total. The molecule has 1 amide bonds. The van der Waals surface area contributed by atoms with E-state index < -0.39 is 0 Å². The molecule has 1 aromatic rings. The second-order valence-electron chi connectivity index (χ2n) is 5.46. The molecule has 0 aliphatic heterocycles. The first-order chi connectivity index (χ1) is 8.90. The normalized spacial score (nSPS) is 12.5. The number of anilines is 1. The van der Waals surface area contributed by atoms with Gasteiger partial charge in [0.2, 0.25) is 11.9 Å². The van der Waals surface area contributed by atoms with E-state index in [1.54, 1.807) is 0 Å². The Morgan fingerprint density at radius 3 is 2.37 bits per heavy atom. The van der Waals surface area contributed by atoms with Crippen molar-refractivity contribution in [3.63, 3.8) is 0 Å². The molecule has 1 unspecified atom stereocenters. The largest absolute Gasteiger partial charge is 0.330 e. The summed E-state index contributed by atoms with van der Waals surface area (Å²) in [6, 6.07) is 1.87. The maximum absolute atomic E-state index is 11.9. The highest BCUT2D eigenvalue weighted by Gasteiger charge is 2.15. The van der Waals surface area contributed by atoms with Crippen molar-refractivity contribution in [3.05, 3.63) is 17.5 Å². The lowest BCUT2D eigenvalue weighted by Gasteiger charge is -2.16. The second-order valence-corrected chi connectivity index (χ2v) is 5.46. The highest BCUT2D eigenvalue weighted by atomic mass is 16.1. The van der Waals surface area contributed by atoms with E-state index in [2.05, 4.69) is 29.1 Å². The predicted octanol–water partition coefficient (Wildman–Crippen LogP) is 2.04. The standard InChI is InChI=1S/C14H24N4O/c1-9(2)5-12(8-15)7-13(19)18-14-16-10(3)6-11(4)17-14/h6,9,12H,5,7-8,15H2,1-4H3,(H,16,17,18,19). The van der Waals surface area contributed by atoms with Gasteiger partial charge in [0.05, 0.1) is 0 Å². The molecule has 0 aliphatic carbocycles. The number of amides is 1. The van der Waals surface area contributed by atoms with Crippen LogP contribution in [0.15, 0.2) is 6.07 Å². The topological polar surface area (TPSA) is 80.9 Å². The van der Waals surface area contributed by atoms with Gasteiger partial charge in [0.15, 0.2) is 0 Å². The number of hydrogen-bond acceptors (Lipinski definition) is 4. The highest BCUT2D eigenvalue weighted by Crippen LogP contribution is 2.15. The molecule has 0 aliphatic rings. The van der Waals surface area contributed by atoms with Gasteiger partial charge in [-0.25, -0.2) is 9.97 Å². The lowest BCUT2D eigenvalue weighted by atomic mass is 9.94. The molecule has 1 rings (SSSR count). The number of carbonyl (C=O) groups excluding carboxylic acids is 1. The number of aromatic nitrogens is 2. The number of carbonyl (C=O) groups is 1. The third kappa shape index (κ3) is 5.79. The summed E-state index contributed by atoms with van der Waals surface area (Å²) in [6.45, 7) is 8.55. The summed E-state index contributed by atoms with van der Waals surface area (Å²) in [5.74, 6) is 1.06. The zero-order valence-electron chi connectivity index (χ0n) is 12.2. The first kappa shape index (κ1) is 15.6. The number of aryl methyl sites for hydroxylation is 2. The van der Waals surface area contributed by atoms with E-state index >= 15 is 0 Å². The highest BCUT2D eigenvalue weighted by molar-refractivity contribution is 5.89. The number of nitrogens with zero attached hydrogens (tertiary/aromatic N) is 2. The van der Waals surface area contributed by atoms with Gasteiger partial charge in [-0.15, -0.1) is 0 Å². The fourth-order valence-electron chi connectivity index (χ4n) is 2.15. The van der Waals surface area contributed by atoms with Gasteiger partial charge in [0, 0.05) is 17.8 Å². The van der Waals surface area contributed by atoms with E-state index in [-0.39, 0.29) is 11.8 Å². The van der Waals surface area contributed by atoms with Crippen molar-refractivity contribution < 1.29 is 4.79 Å². The van der Waals surface area contributed by atoms with Gasteiger partial charge >= 0.3 is 0 Å². The van der Waals surface area contributed by atoms with Crippen LogP contribution in [-0.2, 0) is 4.79 Å². The Morgan fingerprint density at radius 2 is 1.89 bits per heavy atom. The van der Waals surface area contributed by atoms with Crippen molar-refractivity contribution in [2.75, 3.05) is 11.9 Å². The lowest BCUT2D eigenvalue weighted by molar-refractivity contribution is -0.117. The Hall–Kier alpha value is -1.49. The van der Waals surface area contributed by atoms with Gasteiger partial charge in [0.1, 0.15) is 0 Å². The minimum absolute atomic E-state index is 0.0684. The van der Waals surface area contributed by atoms with Crippen molar-refractivity contribution in [1.29, 1.82) is 0 Å². The molecule has 19 heavy (non-hydrogen) atoms. The van der Waals surface area contributed by atoms with Crippen LogP contribution in [0.25, 0.3) is 0 Å². The van der Waals surface area contributed by atoms with E-state index in [1.165, 1.54) is 0 Å². The van der Waals surface area contributed by atoms with Gasteiger partial charge in [-0.2, -0.15) is 0 Å². The smallest absolute Gasteiger partial charge is 0.229 e. The maximum Gasteiger partial charge on any atom is 0.229 e. The van der Waals surface area contributed by atoms with Gasteiger partial charge < -0.3 is 5.73 Å². The van der Waals surface area contributed by atoms with Crippen LogP contribution in [0.5, 0.6) is 0 Å². The minimum atomic E-state index is -0.0684. The molecule has 0 aromatic carbocycles. The van der Waals surface area contributed by atoms with Crippen LogP contribution in [0.1, 0.15) is 38.1 Å². The number of rotatable bonds is 6. The average Bonchev–Trinajstić information content (AvgIpc) is 2.25. The summed E-state index contributed by atoms with van der Waals surface area (Å²) in [5, 5.41) is 2.74. The van der Waals surface area contributed by atoms with Gasteiger partial charge in [-0.1, -0.05) is 13.8 Å². The van der Waals surface area contributed by atoms with Crippen LogP contribution in [0.4, 0.5) is 5.95 Å². The average molecular weight is 264 g/mol. The molecule has 1 aromatic heterocycles. The van der Waals surface area contributed by atoms with Crippen molar-refractivity contribution in [3.8, 4) is 0 Å². The molecule has 1 atom stereocenters. The van der Waals surface area contributed by atoms with E-state index in [1.807, 2.05) is 19.9 Å². The molecule has 0 bridgehead atoms. The quantitative estimate of drug-likeness (QED) is 0.824. The van der Waals surface area contributed by atoms with Gasteiger partial charge in [0.25, 0.3) is 0 Å². The molecule has 0 saturated carbocycles. The third-order valence-electron chi connectivity index (χ3n) is 2.85. The second kappa shape index (κ2) is 7.19. The van der Waals surface area contributed by atoms with E-state index in [0.717, 1.165) is 17.8 Å². The van der Waals surface area contributed by atoms with Crippen LogP contribution in [0.2, 0.25) is 0 Å². The molecule has 106 valence electrons. The summed E-state index contributed by atoms with van der Waals surface area (Å²) >= 11 is 0. The molecule has 0 fully saturated rings. The van der Waals surface area contributed by atoms with Crippen LogP contribution in [0.3, 0.4) is 0 Å². The Kier molecular flexibility index (Phi) is 5.89. The van der Waals surface area contributed by atoms with Crippen LogP contribution in [-0.4, -0.2) is 22.4 Å². The van der Waals surface area contributed by atoms with Gasteiger partial charge in [-0.05, 0) is 44.7 Å². The van der Waals surface area contributed by atoms with Crippen LogP contribution >= 0.6 is 0 Å². The predicted molar refractivity (Wildman–Crippen MR) is 76.8 cm³/mol. The molecule has 0 spiro atoms. The molecule has 5 heteroatoms. The van der Waals surface area contributed by atoms with Crippen LogP contribution in [0, 0.1) is 25.7 Å². The molecule has 1 heterocycles. The fourth-order valence-corrected chi connectivity index (χ4v) is 2.15. The lowest BCUT2D eigenvalue weighted by Crippen LogP contribution is -2.24. The van der Waals surface area contributed by atoms with Crippen molar-refractivity contribution in [1.82, 2.24) is 9.97 Å². The van der Waals surface area contributed by atoms with Gasteiger partial charge in [-0.3, -0.25) is 10.1 Å². The first-order valence-electron chi connectivity index (χ1n) is 6.73. The molecule has 0 saturated heterocycles. The van der Waals surface area contributed by atoms with E-state index in [4.69, 9.17) is 5.73 Å². The summed E-state index contributed by atoms with van der Waals surface area (Å²) < 4.78 is 0. The summed E-state index contributed by atoms with van der Waals surface area (Å²) in [5.41, 5.74) is 7.39. The first-order valence-corrected chi connectivity index (χ1v) is 6.73. The summed E-state index contributed by atoms with van der Waals surface area (Å²) in [6.07, 6.45) is 1.38. The number of hydrogen-bond donors (Lipinski definition) is 2. The Morgan fingerprint density at radius 1 is 1.32 bits per heavy atom. The Bertz CT molecular complexity index is 411. The fraction of sp³-hybridized carbons (Fsp3) is 0.643. The van der Waals surface area contributed by atoms with Crippen molar-refractivity contribution >= 4 is 11.9 Å². The Labute approximate surface area is 115 Å². The minimum Gasteiger partial charge on any atom is -0.330 e. The molecule has 3 N–H and O–H groups in total. The number of nitrogens with one attached hydrogen (secondary N) is 1. The zero-order valence-corrected chi connectivity index (χ0v) is 12.2. The van der Waals surface area contributed by atoms with Crippen molar-refractivity contribution in [2.45, 2.75) is 40.5 Å². The number of nitrogens with two attached hydrogens (primary N) is 1. The SMILES string of the molecule is Cc1cc(C)nc(NC(=O)CC(CN)CC(C)C)n1. The molecule has 0 radical (unpaired) electrons. The van der Waals surface area contributed by atoms with Crippen LogP contribution < -0.4 is 11.1 Å². The zero-order chi connectivity index (χ0) is 14.4. The van der Waals surface area contributed by atoms with E-state index in [9.17, 15) is 4.79 Å². The van der Waals surface area contributed by atoms with E-state index in [0.29, 0.717) is 24.8 Å². The van der Waals surface area contributed by atoms with Crippen molar-refractivity contribution in [2.24, 2.45) is 17.6 Å². The monoisotopic (exact) mass is 264 g/mol. The molecular weight excluding hydrogens is 240 g/mol.